The van der Waals surface area contributed by atoms with Gasteiger partial charge in [0.15, 0.2) is 5.12 Å². The molecule has 0 atom stereocenters. The van der Waals surface area contributed by atoms with Gasteiger partial charge in [-0.05, 0) is 22.3 Å². The lowest BCUT2D eigenvalue weighted by atomic mass is 9.99. The van der Waals surface area contributed by atoms with Gasteiger partial charge in [-0.25, -0.2) is 0 Å². The van der Waals surface area contributed by atoms with Gasteiger partial charge in [0.2, 0.25) is 0 Å². The third-order valence-corrected chi connectivity index (χ3v) is 3.93. The molecule has 0 radical (unpaired) electrons. The second-order valence-corrected chi connectivity index (χ2v) is 5.86. The summed E-state index contributed by atoms with van der Waals surface area (Å²) >= 11 is 1.29. The number of benzene rings is 2. The number of hydrogen-bond acceptors (Lipinski definition) is 3. The van der Waals surface area contributed by atoms with E-state index >= 15 is 0 Å². The second kappa shape index (κ2) is 7.09. The predicted octanol–water partition coefficient (Wildman–Crippen LogP) is 3.76. The number of aliphatic carboxylic acids is 1. The first kappa shape index (κ1) is 15.3. The highest BCUT2D eigenvalue weighted by Crippen LogP contribution is 2.27. The molecule has 0 saturated carbocycles. The third kappa shape index (κ3) is 4.46. The summed E-state index contributed by atoms with van der Waals surface area (Å²) in [5, 5.41) is 8.88. The van der Waals surface area contributed by atoms with Crippen LogP contribution in [-0.4, -0.2) is 16.2 Å². The van der Waals surface area contributed by atoms with Crippen LogP contribution in [0.4, 0.5) is 0 Å². The number of carbonyl (C=O) groups is 2. The molecule has 2 aromatic carbocycles. The van der Waals surface area contributed by atoms with E-state index in [9.17, 15) is 9.59 Å². The lowest BCUT2D eigenvalue weighted by Crippen LogP contribution is -1.99. The van der Waals surface area contributed by atoms with E-state index in [0.29, 0.717) is 5.75 Å². The lowest BCUT2D eigenvalue weighted by molar-refractivity contribution is -0.136. The Morgan fingerprint density at radius 1 is 1.05 bits per heavy atom. The molecule has 0 aromatic heterocycles. The Hall–Kier alpha value is -2.07. The highest BCUT2D eigenvalue weighted by molar-refractivity contribution is 8.12. The first-order valence-corrected chi connectivity index (χ1v) is 7.57. The van der Waals surface area contributed by atoms with Crippen molar-refractivity contribution >= 4 is 22.8 Å². The van der Waals surface area contributed by atoms with Crippen molar-refractivity contribution in [3.05, 3.63) is 59.7 Å². The van der Waals surface area contributed by atoms with Gasteiger partial charge in [-0.1, -0.05) is 60.3 Å². The SMILES string of the molecule is CC(=O)SCc1ccccc1-c1ccc(CC(=O)O)cc1. The molecule has 0 saturated heterocycles. The van der Waals surface area contributed by atoms with Crippen LogP contribution < -0.4 is 0 Å². The molecule has 0 amide bonds. The van der Waals surface area contributed by atoms with Gasteiger partial charge in [0.1, 0.15) is 0 Å². The molecule has 0 bridgehead atoms. The average molecular weight is 300 g/mol. The first-order chi connectivity index (χ1) is 10.1. The number of hydrogen-bond donors (Lipinski definition) is 1. The third-order valence-electron chi connectivity index (χ3n) is 3.07. The monoisotopic (exact) mass is 300 g/mol. The van der Waals surface area contributed by atoms with Gasteiger partial charge in [0, 0.05) is 12.7 Å². The number of carboxylic acids is 1. The molecular weight excluding hydrogens is 284 g/mol. The van der Waals surface area contributed by atoms with Crippen molar-refractivity contribution in [1.82, 2.24) is 0 Å². The number of carbonyl (C=O) groups excluding carboxylic acids is 1. The van der Waals surface area contributed by atoms with Crippen LogP contribution in [0.25, 0.3) is 11.1 Å². The zero-order valence-corrected chi connectivity index (χ0v) is 12.5. The normalized spacial score (nSPS) is 10.3. The van der Waals surface area contributed by atoms with E-state index in [-0.39, 0.29) is 11.5 Å². The largest absolute Gasteiger partial charge is 0.481 e. The first-order valence-electron chi connectivity index (χ1n) is 6.58. The fourth-order valence-corrected chi connectivity index (χ4v) is 2.69. The summed E-state index contributed by atoms with van der Waals surface area (Å²) in [5.74, 6) is -0.191. The fraction of sp³-hybridized carbons (Fsp3) is 0.176. The minimum absolute atomic E-state index is 0.0299. The summed E-state index contributed by atoms with van der Waals surface area (Å²) in [6.07, 6.45) is 0.0299. The van der Waals surface area contributed by atoms with E-state index in [0.717, 1.165) is 22.3 Å². The molecule has 108 valence electrons. The van der Waals surface area contributed by atoms with Gasteiger partial charge in [-0.3, -0.25) is 9.59 Å². The number of thioether (sulfide) groups is 1. The van der Waals surface area contributed by atoms with Crippen molar-refractivity contribution in [2.45, 2.75) is 19.1 Å². The minimum Gasteiger partial charge on any atom is -0.481 e. The molecular formula is C17H16O3S. The Labute approximate surface area is 128 Å². The van der Waals surface area contributed by atoms with Crippen molar-refractivity contribution in [3.63, 3.8) is 0 Å². The quantitative estimate of drug-likeness (QED) is 0.913. The molecule has 2 aromatic rings. The molecule has 21 heavy (non-hydrogen) atoms. The van der Waals surface area contributed by atoms with Crippen LogP contribution in [0.3, 0.4) is 0 Å². The van der Waals surface area contributed by atoms with Gasteiger partial charge in [0.25, 0.3) is 0 Å². The Morgan fingerprint density at radius 2 is 1.71 bits per heavy atom. The topological polar surface area (TPSA) is 54.4 Å². The van der Waals surface area contributed by atoms with Crippen LogP contribution >= 0.6 is 11.8 Å². The van der Waals surface area contributed by atoms with Gasteiger partial charge in [-0.15, -0.1) is 0 Å². The predicted molar refractivity (Wildman–Crippen MR) is 85.2 cm³/mol. The summed E-state index contributed by atoms with van der Waals surface area (Å²) in [4.78, 5) is 21.8. The lowest BCUT2D eigenvalue weighted by Gasteiger charge is -2.09. The van der Waals surface area contributed by atoms with Crippen LogP contribution in [0.5, 0.6) is 0 Å². The molecule has 0 fully saturated rings. The molecule has 1 N–H and O–H groups in total. The van der Waals surface area contributed by atoms with E-state index in [1.165, 1.54) is 11.8 Å². The van der Waals surface area contributed by atoms with Crippen molar-refractivity contribution < 1.29 is 14.7 Å². The molecule has 3 nitrogen and oxygen atoms in total. The van der Waals surface area contributed by atoms with E-state index in [1.807, 2.05) is 48.5 Å². The standard InChI is InChI=1S/C17H16O3S/c1-12(18)21-11-15-4-2-3-5-16(15)14-8-6-13(7-9-14)10-17(19)20/h2-9H,10-11H2,1H3,(H,19,20). The van der Waals surface area contributed by atoms with Gasteiger partial charge < -0.3 is 5.11 Å². The molecule has 0 aliphatic heterocycles. The van der Waals surface area contributed by atoms with E-state index in [2.05, 4.69) is 0 Å². The summed E-state index contributed by atoms with van der Waals surface area (Å²) in [6, 6.07) is 15.5. The average Bonchev–Trinajstić information content (AvgIpc) is 2.46. The number of carboxylic acid groups (broad SMARTS) is 1. The highest BCUT2D eigenvalue weighted by atomic mass is 32.2. The Kier molecular flexibility index (Phi) is 5.17. The molecule has 0 unspecified atom stereocenters. The Morgan fingerprint density at radius 3 is 2.33 bits per heavy atom. The summed E-state index contributed by atoms with van der Waals surface area (Å²) < 4.78 is 0. The second-order valence-electron chi connectivity index (χ2n) is 4.70. The van der Waals surface area contributed by atoms with Crippen LogP contribution in [-0.2, 0) is 21.8 Å². The molecule has 0 spiro atoms. The van der Waals surface area contributed by atoms with Crippen molar-refractivity contribution in [1.29, 1.82) is 0 Å². The maximum atomic E-state index is 11.1. The van der Waals surface area contributed by atoms with E-state index in [4.69, 9.17) is 5.11 Å². The fourth-order valence-electron chi connectivity index (χ4n) is 2.08. The van der Waals surface area contributed by atoms with Gasteiger partial charge in [0.05, 0.1) is 6.42 Å². The van der Waals surface area contributed by atoms with Crippen molar-refractivity contribution in [3.8, 4) is 11.1 Å². The molecule has 0 aliphatic carbocycles. The molecule has 0 heterocycles. The smallest absolute Gasteiger partial charge is 0.307 e. The molecule has 4 heteroatoms. The zero-order valence-electron chi connectivity index (χ0n) is 11.7. The van der Waals surface area contributed by atoms with Gasteiger partial charge >= 0.3 is 5.97 Å². The molecule has 2 rings (SSSR count). The minimum atomic E-state index is -0.832. The summed E-state index contributed by atoms with van der Waals surface area (Å²) in [6.45, 7) is 1.56. The zero-order chi connectivity index (χ0) is 15.2. The summed E-state index contributed by atoms with van der Waals surface area (Å²) in [7, 11) is 0. The Balaban J connectivity index is 2.24. The Bertz CT molecular complexity index is 647. The van der Waals surface area contributed by atoms with Gasteiger partial charge in [-0.2, -0.15) is 0 Å². The van der Waals surface area contributed by atoms with Crippen LogP contribution in [0.2, 0.25) is 0 Å². The van der Waals surface area contributed by atoms with Crippen LogP contribution in [0.15, 0.2) is 48.5 Å². The highest BCUT2D eigenvalue weighted by Gasteiger charge is 2.07. The van der Waals surface area contributed by atoms with Crippen molar-refractivity contribution in [2.24, 2.45) is 0 Å². The van der Waals surface area contributed by atoms with Crippen LogP contribution in [0.1, 0.15) is 18.1 Å². The van der Waals surface area contributed by atoms with Crippen LogP contribution in [0, 0.1) is 0 Å². The van der Waals surface area contributed by atoms with Crippen molar-refractivity contribution in [2.75, 3.05) is 0 Å². The molecule has 0 aliphatic rings. The van der Waals surface area contributed by atoms with E-state index in [1.54, 1.807) is 6.92 Å². The number of rotatable bonds is 5. The van der Waals surface area contributed by atoms with E-state index < -0.39 is 5.97 Å². The maximum absolute atomic E-state index is 11.1. The summed E-state index contributed by atoms with van der Waals surface area (Å²) in [5.41, 5.74) is 3.99. The maximum Gasteiger partial charge on any atom is 0.307 e.